The van der Waals surface area contributed by atoms with Crippen LogP contribution < -0.4 is 10.6 Å². The van der Waals surface area contributed by atoms with Crippen LogP contribution in [0.3, 0.4) is 0 Å². The van der Waals surface area contributed by atoms with Gasteiger partial charge in [-0.25, -0.2) is 13.4 Å². The minimum absolute atomic E-state index is 0.188. The van der Waals surface area contributed by atoms with E-state index in [9.17, 15) is 8.42 Å². The van der Waals surface area contributed by atoms with Gasteiger partial charge in [0.2, 0.25) is 0 Å². The first-order chi connectivity index (χ1) is 9.62. The first-order valence-corrected chi connectivity index (χ1v) is 7.74. The van der Waals surface area contributed by atoms with Gasteiger partial charge >= 0.3 is 0 Å². The molecule has 0 radical (unpaired) electrons. The molecule has 1 aliphatic rings. The van der Waals surface area contributed by atoms with Crippen LogP contribution in [0.4, 0.5) is 0 Å². The number of hydrazine groups is 1. The van der Waals surface area contributed by atoms with Crippen molar-refractivity contribution in [2.24, 2.45) is 5.73 Å². The van der Waals surface area contributed by atoms with Crippen LogP contribution in [0, 0.1) is 11.8 Å². The Balaban J connectivity index is 2.16. The maximum absolute atomic E-state index is 12.3. The van der Waals surface area contributed by atoms with Gasteiger partial charge in [-0.1, -0.05) is 17.9 Å². The highest BCUT2D eigenvalue weighted by molar-refractivity contribution is 7.89. The quantitative estimate of drug-likeness (QED) is 0.736. The van der Waals surface area contributed by atoms with Gasteiger partial charge in [0.15, 0.2) is 0 Å². The monoisotopic (exact) mass is 295 g/mol. The molecule has 1 fully saturated rings. The molecule has 20 heavy (non-hydrogen) atoms. The highest BCUT2D eigenvalue weighted by Gasteiger charge is 2.20. The second-order valence-corrected chi connectivity index (χ2v) is 5.89. The van der Waals surface area contributed by atoms with E-state index in [1.807, 2.05) is 0 Å². The van der Waals surface area contributed by atoms with Crippen molar-refractivity contribution in [1.82, 2.24) is 9.84 Å². The highest BCUT2D eigenvalue weighted by atomic mass is 32.2. The lowest BCUT2D eigenvalue weighted by atomic mass is 10.2. The number of nitrogens with zero attached hydrogens (tertiary/aromatic N) is 1. The predicted octanol–water partition coefficient (Wildman–Crippen LogP) is -0.478. The van der Waals surface area contributed by atoms with Crippen molar-refractivity contribution in [3.63, 3.8) is 0 Å². The molecule has 0 unspecified atom stereocenters. The summed E-state index contributed by atoms with van der Waals surface area (Å²) in [5.74, 6) is 5.52. The normalized spacial score (nSPS) is 16.4. The summed E-state index contributed by atoms with van der Waals surface area (Å²) in [5, 5.41) is 1.64. The molecule has 7 heteroatoms. The summed E-state index contributed by atoms with van der Waals surface area (Å²) >= 11 is 0. The standard InChI is InChI=1S/C13H17N3O3S/c14-6-2-4-12-3-1-5-13(11-12)20(17,18)15-16-7-9-19-10-8-16/h1,3,5,11,15H,6-10,14H2. The van der Waals surface area contributed by atoms with E-state index >= 15 is 0 Å². The number of morpholine rings is 1. The summed E-state index contributed by atoms with van der Waals surface area (Å²) < 4.78 is 29.7. The van der Waals surface area contributed by atoms with E-state index in [1.54, 1.807) is 17.1 Å². The zero-order valence-corrected chi connectivity index (χ0v) is 11.8. The average molecular weight is 295 g/mol. The first-order valence-electron chi connectivity index (χ1n) is 6.26. The number of nitrogens with one attached hydrogen (secondary N) is 1. The molecule has 0 aromatic heterocycles. The maximum atomic E-state index is 12.3. The summed E-state index contributed by atoms with van der Waals surface area (Å²) in [6.07, 6.45) is 0. The molecule has 0 atom stereocenters. The van der Waals surface area contributed by atoms with Crippen LogP contribution in [-0.4, -0.2) is 46.3 Å². The third-order valence-electron chi connectivity index (χ3n) is 2.74. The lowest BCUT2D eigenvalue weighted by Gasteiger charge is -2.26. The number of sulfonamides is 1. The molecule has 0 spiro atoms. The number of nitrogens with two attached hydrogens (primary N) is 1. The molecule has 0 saturated carbocycles. The second kappa shape index (κ2) is 6.83. The Labute approximate surface area is 118 Å². The fourth-order valence-corrected chi connectivity index (χ4v) is 2.94. The molecule has 0 amide bonds. The Morgan fingerprint density at radius 3 is 2.80 bits per heavy atom. The molecule has 1 heterocycles. The molecule has 1 saturated heterocycles. The Morgan fingerprint density at radius 1 is 1.35 bits per heavy atom. The van der Waals surface area contributed by atoms with Gasteiger partial charge in [-0.2, -0.15) is 0 Å². The van der Waals surface area contributed by atoms with Crippen molar-refractivity contribution in [2.75, 3.05) is 32.8 Å². The lowest BCUT2D eigenvalue weighted by molar-refractivity contribution is 0.0272. The molecule has 2 rings (SSSR count). The van der Waals surface area contributed by atoms with Crippen LogP contribution in [0.1, 0.15) is 5.56 Å². The summed E-state index contributed by atoms with van der Waals surface area (Å²) in [6, 6.07) is 6.48. The van der Waals surface area contributed by atoms with Gasteiger partial charge in [0, 0.05) is 18.7 Å². The highest BCUT2D eigenvalue weighted by Crippen LogP contribution is 2.11. The lowest BCUT2D eigenvalue weighted by Crippen LogP contribution is -2.48. The topological polar surface area (TPSA) is 84.7 Å². The molecular weight excluding hydrogens is 278 g/mol. The largest absolute Gasteiger partial charge is 0.379 e. The van der Waals surface area contributed by atoms with Crippen molar-refractivity contribution in [2.45, 2.75) is 4.90 Å². The molecule has 1 aliphatic heterocycles. The molecule has 3 N–H and O–H groups in total. The summed E-state index contributed by atoms with van der Waals surface area (Å²) in [6.45, 7) is 2.34. The number of hydrogen-bond donors (Lipinski definition) is 2. The fraction of sp³-hybridized carbons (Fsp3) is 0.385. The summed E-state index contributed by atoms with van der Waals surface area (Å²) in [7, 11) is -3.59. The van der Waals surface area contributed by atoms with E-state index < -0.39 is 10.0 Å². The van der Waals surface area contributed by atoms with Gasteiger partial charge in [-0.15, -0.1) is 4.83 Å². The van der Waals surface area contributed by atoms with E-state index in [4.69, 9.17) is 10.5 Å². The molecule has 6 nitrogen and oxygen atoms in total. The molecule has 0 aliphatic carbocycles. The minimum Gasteiger partial charge on any atom is -0.379 e. The smallest absolute Gasteiger partial charge is 0.253 e. The number of ether oxygens (including phenoxy) is 1. The zero-order valence-electron chi connectivity index (χ0n) is 11.0. The number of benzene rings is 1. The van der Waals surface area contributed by atoms with Gasteiger partial charge in [0.1, 0.15) is 0 Å². The van der Waals surface area contributed by atoms with E-state index in [-0.39, 0.29) is 11.4 Å². The second-order valence-electron chi connectivity index (χ2n) is 4.23. The van der Waals surface area contributed by atoms with Crippen molar-refractivity contribution in [3.05, 3.63) is 29.8 Å². The van der Waals surface area contributed by atoms with Crippen molar-refractivity contribution in [1.29, 1.82) is 0 Å². The van der Waals surface area contributed by atoms with Crippen LogP contribution in [-0.2, 0) is 14.8 Å². The van der Waals surface area contributed by atoms with Gasteiger partial charge in [-0.3, -0.25) is 0 Å². The van der Waals surface area contributed by atoms with Crippen molar-refractivity contribution < 1.29 is 13.2 Å². The Kier molecular flexibility index (Phi) is 5.11. The van der Waals surface area contributed by atoms with Gasteiger partial charge in [-0.05, 0) is 18.2 Å². The first kappa shape index (κ1) is 15.0. The van der Waals surface area contributed by atoms with Gasteiger partial charge in [0.05, 0.1) is 24.7 Å². The van der Waals surface area contributed by atoms with Crippen LogP contribution in [0.25, 0.3) is 0 Å². The molecule has 108 valence electrons. The third-order valence-corrected chi connectivity index (χ3v) is 4.11. The Bertz CT molecular complexity index is 613. The summed E-state index contributed by atoms with van der Waals surface area (Å²) in [4.78, 5) is 2.74. The van der Waals surface area contributed by atoms with Crippen molar-refractivity contribution in [3.8, 4) is 11.8 Å². The van der Waals surface area contributed by atoms with E-state index in [2.05, 4.69) is 16.7 Å². The van der Waals surface area contributed by atoms with E-state index in [0.717, 1.165) is 0 Å². The molecule has 1 aromatic rings. The van der Waals surface area contributed by atoms with Gasteiger partial charge in [0.25, 0.3) is 10.0 Å². The third kappa shape index (κ3) is 4.03. The van der Waals surface area contributed by atoms with Gasteiger partial charge < -0.3 is 10.5 Å². The molecule has 1 aromatic carbocycles. The fourth-order valence-electron chi connectivity index (χ4n) is 1.77. The summed E-state index contributed by atoms with van der Waals surface area (Å²) in [5.41, 5.74) is 5.93. The van der Waals surface area contributed by atoms with E-state index in [0.29, 0.717) is 31.9 Å². The molecule has 0 bridgehead atoms. The van der Waals surface area contributed by atoms with Crippen LogP contribution in [0.15, 0.2) is 29.2 Å². The number of hydrogen-bond acceptors (Lipinski definition) is 5. The Hall–Kier alpha value is -1.43. The SMILES string of the molecule is NCC#Cc1cccc(S(=O)(=O)NN2CCOCC2)c1. The molecular formula is C13H17N3O3S. The Morgan fingerprint density at radius 2 is 2.10 bits per heavy atom. The zero-order chi connectivity index (χ0) is 14.4. The van der Waals surface area contributed by atoms with Crippen LogP contribution in [0.2, 0.25) is 0 Å². The predicted molar refractivity (Wildman–Crippen MR) is 75.1 cm³/mol. The minimum atomic E-state index is -3.59. The van der Waals surface area contributed by atoms with Crippen LogP contribution >= 0.6 is 0 Å². The maximum Gasteiger partial charge on any atom is 0.253 e. The van der Waals surface area contributed by atoms with Crippen molar-refractivity contribution >= 4 is 10.0 Å². The average Bonchev–Trinajstić information content (AvgIpc) is 2.46. The van der Waals surface area contributed by atoms with E-state index in [1.165, 1.54) is 12.1 Å². The number of rotatable bonds is 3. The van der Waals surface area contributed by atoms with Crippen LogP contribution in [0.5, 0.6) is 0 Å².